The number of hydrogen-bond donors (Lipinski definition) is 1. The molecule has 0 saturated carbocycles. The summed E-state index contributed by atoms with van der Waals surface area (Å²) in [5.41, 5.74) is 0. The number of quaternary nitrogens is 1. The van der Waals surface area contributed by atoms with Gasteiger partial charge in [-0.1, -0.05) is 139 Å². The van der Waals surface area contributed by atoms with Gasteiger partial charge in [0.05, 0.1) is 34.4 Å². The third-order valence-corrected chi connectivity index (χ3v) is 9.15. The molecule has 0 spiro atoms. The van der Waals surface area contributed by atoms with E-state index in [4.69, 9.17) is 14.2 Å². The van der Waals surface area contributed by atoms with Gasteiger partial charge in [0.15, 0.2) is 12.1 Å². The average Bonchev–Trinajstić information content (AvgIpc) is 3.12. The van der Waals surface area contributed by atoms with Crippen molar-refractivity contribution in [3.63, 3.8) is 0 Å². The number of esters is 2. The van der Waals surface area contributed by atoms with Crippen LogP contribution in [0, 0.1) is 0 Å². The predicted molar refractivity (Wildman–Crippen MR) is 224 cm³/mol. The molecule has 1 N–H and O–H groups in total. The fourth-order valence-electron chi connectivity index (χ4n) is 5.81. The Labute approximate surface area is 330 Å². The SMILES string of the molecule is CCCCCCCC/C=C/C/C=C/C/C=C/CCCC(=O)OC(COCCC(C(=O)O)[N+](C)(C)C)COC(=O)CC/C=C/C/C=C/CCCCCCCC. The van der Waals surface area contributed by atoms with Gasteiger partial charge in [-0.25, -0.2) is 4.79 Å². The van der Waals surface area contributed by atoms with Crippen molar-refractivity contribution in [3.05, 3.63) is 60.8 Å². The Morgan fingerprint density at radius 1 is 0.556 bits per heavy atom. The van der Waals surface area contributed by atoms with E-state index in [0.717, 1.165) is 32.1 Å². The van der Waals surface area contributed by atoms with Gasteiger partial charge in [-0.2, -0.15) is 0 Å². The third-order valence-electron chi connectivity index (χ3n) is 9.15. The molecule has 0 aliphatic carbocycles. The molecule has 0 fully saturated rings. The molecule has 0 heterocycles. The first-order chi connectivity index (χ1) is 26.1. The largest absolute Gasteiger partial charge is 0.477 e. The fourth-order valence-corrected chi connectivity index (χ4v) is 5.81. The summed E-state index contributed by atoms with van der Waals surface area (Å²) in [6.45, 7) is 4.59. The first-order valence-electron chi connectivity index (χ1n) is 21.3. The second-order valence-electron chi connectivity index (χ2n) is 15.2. The van der Waals surface area contributed by atoms with Gasteiger partial charge < -0.3 is 23.8 Å². The predicted octanol–water partition coefficient (Wildman–Crippen LogP) is 11.4. The van der Waals surface area contributed by atoms with E-state index in [0.29, 0.717) is 19.3 Å². The molecule has 2 atom stereocenters. The second kappa shape index (κ2) is 37.0. The van der Waals surface area contributed by atoms with E-state index < -0.39 is 18.1 Å². The lowest BCUT2D eigenvalue weighted by Crippen LogP contribution is -2.50. The maximum atomic E-state index is 12.7. The highest BCUT2D eigenvalue weighted by Gasteiger charge is 2.31. The molecule has 310 valence electrons. The van der Waals surface area contributed by atoms with Crippen molar-refractivity contribution in [3.8, 4) is 0 Å². The molecule has 0 bridgehead atoms. The minimum atomic E-state index is -0.891. The summed E-state index contributed by atoms with van der Waals surface area (Å²) in [4.78, 5) is 36.8. The van der Waals surface area contributed by atoms with Crippen molar-refractivity contribution in [1.29, 1.82) is 0 Å². The van der Waals surface area contributed by atoms with Crippen molar-refractivity contribution < 1.29 is 38.2 Å². The van der Waals surface area contributed by atoms with E-state index in [9.17, 15) is 19.5 Å². The second-order valence-corrected chi connectivity index (χ2v) is 15.2. The van der Waals surface area contributed by atoms with Crippen molar-refractivity contribution in [2.24, 2.45) is 0 Å². The fraction of sp³-hybridized carbons (Fsp3) is 0.717. The van der Waals surface area contributed by atoms with Gasteiger partial charge in [0.25, 0.3) is 0 Å². The zero-order valence-corrected chi connectivity index (χ0v) is 35.2. The molecule has 8 nitrogen and oxygen atoms in total. The number of carboxylic acid groups (broad SMARTS) is 1. The molecular formula is C46H80NO7+. The highest BCUT2D eigenvalue weighted by Crippen LogP contribution is 2.11. The van der Waals surface area contributed by atoms with Gasteiger partial charge in [-0.3, -0.25) is 9.59 Å². The highest BCUT2D eigenvalue weighted by atomic mass is 16.6. The van der Waals surface area contributed by atoms with Gasteiger partial charge in [-0.05, 0) is 64.2 Å². The van der Waals surface area contributed by atoms with Crippen molar-refractivity contribution in [2.45, 2.75) is 174 Å². The van der Waals surface area contributed by atoms with Crippen LogP contribution in [0.1, 0.15) is 162 Å². The normalized spacial score (nSPS) is 13.6. The number of carbonyl (C=O) groups is 3. The van der Waals surface area contributed by atoms with Gasteiger partial charge in [0, 0.05) is 19.3 Å². The highest BCUT2D eigenvalue weighted by molar-refractivity contribution is 5.72. The topological polar surface area (TPSA) is 99.1 Å². The van der Waals surface area contributed by atoms with Crippen LogP contribution >= 0.6 is 0 Å². The van der Waals surface area contributed by atoms with Crippen molar-refractivity contribution in [2.75, 3.05) is 41.0 Å². The van der Waals surface area contributed by atoms with Gasteiger partial charge in [0.1, 0.15) is 6.61 Å². The third kappa shape index (κ3) is 34.8. The molecule has 0 amide bonds. The van der Waals surface area contributed by atoms with E-state index in [-0.39, 0.29) is 49.1 Å². The minimum absolute atomic E-state index is 0.0218. The number of ether oxygens (including phenoxy) is 3. The van der Waals surface area contributed by atoms with E-state index in [1.54, 1.807) is 0 Å². The number of likely N-dealkylation sites (N-methyl/N-ethyl adjacent to an activating group) is 1. The number of aliphatic carboxylic acids is 1. The summed E-state index contributed by atoms with van der Waals surface area (Å²) >= 11 is 0. The summed E-state index contributed by atoms with van der Waals surface area (Å²) in [6.07, 6.45) is 44.3. The van der Waals surface area contributed by atoms with E-state index in [1.165, 1.54) is 83.5 Å². The Bertz CT molecular complexity index is 1070. The zero-order valence-electron chi connectivity index (χ0n) is 35.2. The van der Waals surface area contributed by atoms with Crippen LogP contribution in [0.3, 0.4) is 0 Å². The number of hydrogen-bond acceptors (Lipinski definition) is 6. The zero-order chi connectivity index (χ0) is 40.0. The average molecular weight is 759 g/mol. The quantitative estimate of drug-likeness (QED) is 0.0291. The van der Waals surface area contributed by atoms with E-state index in [2.05, 4.69) is 68.5 Å². The maximum absolute atomic E-state index is 12.7. The van der Waals surface area contributed by atoms with Crippen LogP contribution in [-0.2, 0) is 28.6 Å². The maximum Gasteiger partial charge on any atom is 0.362 e. The summed E-state index contributed by atoms with van der Waals surface area (Å²) in [5, 5.41) is 9.60. The number of carboxylic acids is 1. The van der Waals surface area contributed by atoms with Crippen molar-refractivity contribution >= 4 is 17.9 Å². The number of unbranched alkanes of at least 4 members (excludes halogenated alkanes) is 13. The van der Waals surface area contributed by atoms with Crippen LogP contribution in [0.4, 0.5) is 0 Å². The first-order valence-corrected chi connectivity index (χ1v) is 21.3. The lowest BCUT2D eigenvalue weighted by molar-refractivity contribution is -0.887. The first kappa shape index (κ1) is 51.0. The Morgan fingerprint density at radius 2 is 1.02 bits per heavy atom. The molecule has 0 aromatic carbocycles. The molecule has 2 unspecified atom stereocenters. The van der Waals surface area contributed by atoms with Crippen LogP contribution in [-0.4, -0.2) is 80.6 Å². The van der Waals surface area contributed by atoms with Crippen LogP contribution in [0.2, 0.25) is 0 Å². The summed E-state index contributed by atoms with van der Waals surface area (Å²) in [6, 6.07) is -0.632. The summed E-state index contributed by atoms with van der Waals surface area (Å²) in [7, 11) is 5.48. The molecule has 0 aromatic heterocycles. The Balaban J connectivity index is 4.54. The van der Waals surface area contributed by atoms with Crippen molar-refractivity contribution in [1.82, 2.24) is 0 Å². The summed E-state index contributed by atoms with van der Waals surface area (Å²) in [5.74, 6) is -1.63. The summed E-state index contributed by atoms with van der Waals surface area (Å²) < 4.78 is 17.1. The lowest BCUT2D eigenvalue weighted by Gasteiger charge is -2.31. The molecule has 0 rings (SSSR count). The Kier molecular flexibility index (Phi) is 34.9. The van der Waals surface area contributed by atoms with Gasteiger partial charge >= 0.3 is 17.9 Å². The van der Waals surface area contributed by atoms with Crippen LogP contribution in [0.25, 0.3) is 0 Å². The number of rotatable bonds is 37. The molecule has 0 aromatic rings. The minimum Gasteiger partial charge on any atom is -0.477 e. The number of nitrogens with zero attached hydrogens (tertiary/aromatic N) is 1. The number of carbonyl (C=O) groups excluding carboxylic acids is 2. The number of allylic oxidation sites excluding steroid dienone is 10. The molecule has 54 heavy (non-hydrogen) atoms. The molecule has 0 saturated heterocycles. The van der Waals surface area contributed by atoms with Crippen LogP contribution in [0.5, 0.6) is 0 Å². The molecule has 0 radical (unpaired) electrons. The Hall–Kier alpha value is -2.97. The standard InChI is InChI=1S/C46H79NO7/c1-6-8-10-12-14-16-18-20-21-22-23-25-27-29-31-33-35-37-45(49)54-42(40-52-39-38-43(46(50)51)47(3,4)5)41-53-44(48)36-34-32-30-28-26-24-19-17-15-13-11-9-7-2/h20-21,23-26,29-32,42-43H,6-19,22,27-28,33-41H2,1-5H3/p+1/b21-20+,25-23+,26-24+,31-29+,32-30+. The molecule has 8 heteroatoms. The van der Waals surface area contributed by atoms with Crippen LogP contribution < -0.4 is 0 Å². The smallest absolute Gasteiger partial charge is 0.362 e. The van der Waals surface area contributed by atoms with E-state index >= 15 is 0 Å². The monoisotopic (exact) mass is 759 g/mol. The van der Waals surface area contributed by atoms with Crippen LogP contribution in [0.15, 0.2) is 60.8 Å². The molecule has 0 aliphatic heterocycles. The van der Waals surface area contributed by atoms with Gasteiger partial charge in [-0.15, -0.1) is 0 Å². The molecule has 0 aliphatic rings. The van der Waals surface area contributed by atoms with E-state index in [1.807, 2.05) is 27.2 Å². The Morgan fingerprint density at radius 3 is 1.52 bits per heavy atom. The molecular weight excluding hydrogens is 679 g/mol. The lowest BCUT2D eigenvalue weighted by atomic mass is 10.1. The van der Waals surface area contributed by atoms with Gasteiger partial charge in [0.2, 0.25) is 0 Å².